The molecule has 0 aromatic rings. The van der Waals surface area contributed by atoms with Crippen molar-refractivity contribution in [1.82, 2.24) is 0 Å². The predicted octanol–water partition coefficient (Wildman–Crippen LogP) is 4.75. The third kappa shape index (κ3) is 3.10. The van der Waals surface area contributed by atoms with Crippen LogP contribution in [0, 0.1) is 23.2 Å². The molecule has 1 unspecified atom stereocenters. The average Bonchev–Trinajstić information content (AvgIpc) is 2.78. The standard InChI is InChI=1S/C17H33N/c1-13(2)12-17(10-4-5-11-17)16(18)15-8-6-14(3)7-9-15/h13-16H,4-12,18H2,1-3H3. The normalized spacial score (nSPS) is 33.8. The van der Waals surface area contributed by atoms with Crippen molar-refractivity contribution >= 4 is 0 Å². The van der Waals surface area contributed by atoms with Crippen LogP contribution in [0.1, 0.15) is 78.6 Å². The van der Waals surface area contributed by atoms with E-state index in [9.17, 15) is 0 Å². The van der Waals surface area contributed by atoms with Gasteiger partial charge in [-0.2, -0.15) is 0 Å². The molecule has 2 aliphatic carbocycles. The fourth-order valence-electron chi connectivity index (χ4n) is 4.71. The van der Waals surface area contributed by atoms with Crippen molar-refractivity contribution in [1.29, 1.82) is 0 Å². The summed E-state index contributed by atoms with van der Waals surface area (Å²) in [5, 5.41) is 0. The van der Waals surface area contributed by atoms with Gasteiger partial charge >= 0.3 is 0 Å². The maximum absolute atomic E-state index is 6.78. The van der Waals surface area contributed by atoms with E-state index in [1.165, 1.54) is 57.8 Å². The Labute approximate surface area is 114 Å². The highest BCUT2D eigenvalue weighted by Crippen LogP contribution is 2.49. The van der Waals surface area contributed by atoms with E-state index in [0.717, 1.165) is 17.8 Å². The Morgan fingerprint density at radius 2 is 1.61 bits per heavy atom. The summed E-state index contributed by atoms with van der Waals surface area (Å²) >= 11 is 0. The van der Waals surface area contributed by atoms with Crippen LogP contribution in [0.25, 0.3) is 0 Å². The second-order valence-electron chi connectivity index (χ2n) is 7.71. The molecule has 2 fully saturated rings. The molecule has 2 saturated carbocycles. The van der Waals surface area contributed by atoms with Gasteiger partial charge in [0, 0.05) is 6.04 Å². The average molecular weight is 251 g/mol. The van der Waals surface area contributed by atoms with Crippen LogP contribution in [0.15, 0.2) is 0 Å². The van der Waals surface area contributed by atoms with Gasteiger partial charge in [-0.1, -0.05) is 46.5 Å². The fraction of sp³-hybridized carbons (Fsp3) is 1.00. The summed E-state index contributed by atoms with van der Waals surface area (Å²) in [6.45, 7) is 7.15. The lowest BCUT2D eigenvalue weighted by atomic mass is 9.65. The molecule has 2 N–H and O–H groups in total. The molecular formula is C17H33N. The second-order valence-corrected chi connectivity index (χ2v) is 7.71. The summed E-state index contributed by atoms with van der Waals surface area (Å²) in [5.74, 6) is 2.56. The molecule has 106 valence electrons. The topological polar surface area (TPSA) is 26.0 Å². The summed E-state index contributed by atoms with van der Waals surface area (Å²) in [4.78, 5) is 0. The summed E-state index contributed by atoms with van der Waals surface area (Å²) in [5.41, 5.74) is 7.28. The van der Waals surface area contributed by atoms with Crippen LogP contribution in [0.4, 0.5) is 0 Å². The molecule has 0 bridgehead atoms. The smallest absolute Gasteiger partial charge is 0.0124 e. The van der Waals surface area contributed by atoms with Gasteiger partial charge < -0.3 is 5.73 Å². The second kappa shape index (κ2) is 5.94. The molecule has 0 spiro atoms. The van der Waals surface area contributed by atoms with Crippen LogP contribution in [-0.4, -0.2) is 6.04 Å². The SMILES string of the molecule is CC(C)CC1(C(N)C2CCC(C)CC2)CCCC1. The van der Waals surface area contributed by atoms with Gasteiger partial charge in [0.25, 0.3) is 0 Å². The zero-order chi connectivity index (χ0) is 13.2. The van der Waals surface area contributed by atoms with Gasteiger partial charge in [-0.3, -0.25) is 0 Å². The molecular weight excluding hydrogens is 218 g/mol. The van der Waals surface area contributed by atoms with Gasteiger partial charge in [0.2, 0.25) is 0 Å². The molecule has 0 saturated heterocycles. The number of hydrogen-bond acceptors (Lipinski definition) is 1. The first kappa shape index (κ1) is 14.4. The minimum Gasteiger partial charge on any atom is -0.327 e. The Bertz CT molecular complexity index is 244. The van der Waals surface area contributed by atoms with Crippen LogP contribution >= 0.6 is 0 Å². The maximum Gasteiger partial charge on any atom is 0.0124 e. The lowest BCUT2D eigenvalue weighted by molar-refractivity contribution is 0.109. The highest BCUT2D eigenvalue weighted by Gasteiger charge is 2.43. The van der Waals surface area contributed by atoms with E-state index >= 15 is 0 Å². The Kier molecular flexibility index (Phi) is 4.75. The zero-order valence-corrected chi connectivity index (χ0v) is 12.8. The lowest BCUT2D eigenvalue weighted by Gasteiger charge is -2.43. The third-order valence-corrected chi connectivity index (χ3v) is 5.69. The largest absolute Gasteiger partial charge is 0.327 e. The Morgan fingerprint density at radius 3 is 2.11 bits per heavy atom. The van der Waals surface area contributed by atoms with Gasteiger partial charge in [0.05, 0.1) is 0 Å². The molecule has 0 aliphatic heterocycles. The van der Waals surface area contributed by atoms with Crippen LogP contribution in [0.3, 0.4) is 0 Å². The molecule has 2 rings (SSSR count). The quantitative estimate of drug-likeness (QED) is 0.767. The van der Waals surface area contributed by atoms with E-state index in [0.29, 0.717) is 11.5 Å². The monoisotopic (exact) mass is 251 g/mol. The zero-order valence-electron chi connectivity index (χ0n) is 12.8. The van der Waals surface area contributed by atoms with E-state index in [1.807, 2.05) is 0 Å². The van der Waals surface area contributed by atoms with Gasteiger partial charge in [-0.25, -0.2) is 0 Å². The first-order valence-corrected chi connectivity index (χ1v) is 8.29. The third-order valence-electron chi connectivity index (χ3n) is 5.69. The molecule has 2 aliphatic rings. The van der Waals surface area contributed by atoms with Crippen LogP contribution in [0.5, 0.6) is 0 Å². The van der Waals surface area contributed by atoms with E-state index in [4.69, 9.17) is 5.73 Å². The Balaban J connectivity index is 2.01. The van der Waals surface area contributed by atoms with Crippen LogP contribution in [0.2, 0.25) is 0 Å². The lowest BCUT2D eigenvalue weighted by Crippen LogP contribution is -2.47. The maximum atomic E-state index is 6.78. The van der Waals surface area contributed by atoms with Gasteiger partial charge in [0.15, 0.2) is 0 Å². The van der Waals surface area contributed by atoms with E-state index in [-0.39, 0.29) is 0 Å². The Hall–Kier alpha value is -0.0400. The summed E-state index contributed by atoms with van der Waals surface area (Å²) in [6.07, 6.45) is 12.6. The summed E-state index contributed by atoms with van der Waals surface area (Å²) < 4.78 is 0. The van der Waals surface area contributed by atoms with E-state index in [1.54, 1.807) is 0 Å². The highest BCUT2D eigenvalue weighted by atomic mass is 14.7. The van der Waals surface area contributed by atoms with Gasteiger partial charge in [-0.05, 0) is 55.3 Å². The van der Waals surface area contributed by atoms with Crippen molar-refractivity contribution in [2.75, 3.05) is 0 Å². The molecule has 0 aromatic heterocycles. The van der Waals surface area contributed by atoms with Crippen molar-refractivity contribution in [2.24, 2.45) is 28.9 Å². The molecule has 1 atom stereocenters. The minimum absolute atomic E-state index is 0.481. The van der Waals surface area contributed by atoms with Crippen molar-refractivity contribution in [3.63, 3.8) is 0 Å². The molecule has 0 heterocycles. The first-order chi connectivity index (χ1) is 8.53. The van der Waals surface area contributed by atoms with Crippen LogP contribution in [-0.2, 0) is 0 Å². The predicted molar refractivity (Wildman–Crippen MR) is 79.5 cm³/mol. The molecule has 0 radical (unpaired) electrons. The van der Waals surface area contributed by atoms with Crippen molar-refractivity contribution in [3.8, 4) is 0 Å². The molecule has 0 aromatic carbocycles. The van der Waals surface area contributed by atoms with Gasteiger partial charge in [-0.15, -0.1) is 0 Å². The van der Waals surface area contributed by atoms with E-state index in [2.05, 4.69) is 20.8 Å². The number of rotatable bonds is 4. The summed E-state index contributed by atoms with van der Waals surface area (Å²) in [6, 6.07) is 0.481. The molecule has 1 heteroatoms. The number of nitrogens with two attached hydrogens (primary N) is 1. The minimum atomic E-state index is 0.481. The first-order valence-electron chi connectivity index (χ1n) is 8.29. The van der Waals surface area contributed by atoms with Gasteiger partial charge in [0.1, 0.15) is 0 Å². The van der Waals surface area contributed by atoms with Crippen molar-refractivity contribution < 1.29 is 0 Å². The van der Waals surface area contributed by atoms with Crippen molar-refractivity contribution in [3.05, 3.63) is 0 Å². The number of hydrogen-bond donors (Lipinski definition) is 1. The fourth-order valence-corrected chi connectivity index (χ4v) is 4.71. The Morgan fingerprint density at radius 1 is 1.06 bits per heavy atom. The highest BCUT2D eigenvalue weighted by molar-refractivity contribution is 4.97. The molecule has 1 nitrogen and oxygen atoms in total. The van der Waals surface area contributed by atoms with Crippen LogP contribution < -0.4 is 5.73 Å². The van der Waals surface area contributed by atoms with Crippen molar-refractivity contribution in [2.45, 2.75) is 84.6 Å². The molecule has 18 heavy (non-hydrogen) atoms. The van der Waals surface area contributed by atoms with E-state index < -0.39 is 0 Å². The summed E-state index contributed by atoms with van der Waals surface area (Å²) in [7, 11) is 0. The molecule has 0 amide bonds.